The normalized spacial score (nSPS) is 23.2. The van der Waals surface area contributed by atoms with Crippen molar-refractivity contribution in [2.24, 2.45) is 32.7 Å². The fourth-order valence-corrected chi connectivity index (χ4v) is 8.13. The number of aliphatic carboxylic acids is 1. The summed E-state index contributed by atoms with van der Waals surface area (Å²) in [4.78, 5) is 52.6. The van der Waals surface area contributed by atoms with Gasteiger partial charge >= 0.3 is 11.9 Å². The maximum absolute atomic E-state index is 13.5. The van der Waals surface area contributed by atoms with E-state index in [0.29, 0.717) is 41.9 Å². The first kappa shape index (κ1) is 37.4. The molecular formula is C42H49N5O6. The van der Waals surface area contributed by atoms with E-state index in [0.717, 1.165) is 87.8 Å². The SMILES string of the molecule is C=CC1=C(C)C2=NC1=CC1=NC(=CC3=C(C)C4=C(O)[C@H](C(=O)OC)C(=C5NC(=C2)[C@@H](C)[C@@H]5CCC(=O)NCCCCCCC(=O)O)C4=N3)C(CC)=C1C. The zero-order valence-corrected chi connectivity index (χ0v) is 31.5. The molecule has 0 aromatic heterocycles. The number of carboxylic acids is 1. The number of nitrogens with one attached hydrogen (secondary N) is 2. The third-order valence-corrected chi connectivity index (χ3v) is 11.2. The van der Waals surface area contributed by atoms with Gasteiger partial charge in [-0.15, -0.1) is 0 Å². The zero-order valence-electron chi connectivity index (χ0n) is 31.5. The molecule has 5 heterocycles. The molecule has 11 heteroatoms. The summed E-state index contributed by atoms with van der Waals surface area (Å²) in [5.74, 6) is -2.98. The number of unbranched alkanes of at least 4 members (excludes halogenated alkanes) is 3. The Kier molecular flexibility index (Phi) is 10.8. The van der Waals surface area contributed by atoms with Crippen molar-refractivity contribution in [1.29, 1.82) is 0 Å². The minimum atomic E-state index is -1.08. The van der Waals surface area contributed by atoms with Crippen molar-refractivity contribution >= 4 is 35.0 Å². The number of aliphatic hydroxyl groups is 1. The zero-order chi connectivity index (χ0) is 38.1. The van der Waals surface area contributed by atoms with Crippen LogP contribution in [0.3, 0.4) is 0 Å². The van der Waals surface area contributed by atoms with Crippen LogP contribution >= 0.6 is 0 Å². The van der Waals surface area contributed by atoms with Crippen molar-refractivity contribution in [3.05, 3.63) is 104 Å². The molecule has 1 aliphatic carbocycles. The number of aliphatic hydroxyl groups excluding tert-OH is 1. The number of carbonyl (C=O) groups excluding carboxylic acids is 2. The van der Waals surface area contributed by atoms with E-state index >= 15 is 0 Å². The highest BCUT2D eigenvalue weighted by Crippen LogP contribution is 2.49. The van der Waals surface area contributed by atoms with E-state index in [9.17, 15) is 19.5 Å². The lowest BCUT2D eigenvalue weighted by atomic mass is 9.84. The number of hydrogen-bond acceptors (Lipinski definition) is 9. The lowest BCUT2D eigenvalue weighted by Crippen LogP contribution is -2.27. The fourth-order valence-electron chi connectivity index (χ4n) is 8.13. The van der Waals surface area contributed by atoms with Gasteiger partial charge < -0.3 is 25.6 Å². The monoisotopic (exact) mass is 719 g/mol. The van der Waals surface area contributed by atoms with Gasteiger partial charge in [0.15, 0.2) is 0 Å². The van der Waals surface area contributed by atoms with E-state index in [1.807, 2.05) is 38.2 Å². The standard InChI is InChI=1S/C42H49N5O6/c1-8-25-21(3)28-18-30-23(5)27(15-16-34(48)43-17-13-11-10-12-14-35(49)50)39(46-30)37-38(42(52)53-7)41(51)36-24(6)31(47-40(36)37)20-33-26(9-2)22(4)29(45-33)19-32(25)44-28/h8,18-20,23,27,38,46,51H,1,9-17H2,2-7H3,(H,43,48)(H,49,50)/t23-,27-,38+/m0/s1. The van der Waals surface area contributed by atoms with E-state index in [2.05, 4.69) is 38.0 Å². The Labute approximate surface area is 310 Å². The first-order chi connectivity index (χ1) is 25.4. The molecule has 0 spiro atoms. The highest BCUT2D eigenvalue weighted by Gasteiger charge is 2.49. The van der Waals surface area contributed by atoms with E-state index in [4.69, 9.17) is 24.8 Å². The van der Waals surface area contributed by atoms with E-state index in [1.54, 1.807) is 0 Å². The lowest BCUT2D eigenvalue weighted by molar-refractivity contribution is -0.143. The van der Waals surface area contributed by atoms with Gasteiger partial charge in [-0.25, -0.2) is 15.0 Å². The van der Waals surface area contributed by atoms with Crippen molar-refractivity contribution in [3.8, 4) is 0 Å². The van der Waals surface area contributed by atoms with Crippen molar-refractivity contribution in [1.82, 2.24) is 10.6 Å². The number of amides is 1. The van der Waals surface area contributed by atoms with Gasteiger partial charge in [0.1, 0.15) is 11.7 Å². The molecule has 4 N–H and O–H groups in total. The summed E-state index contributed by atoms with van der Waals surface area (Å²) in [5, 5.41) is 27.3. The molecule has 0 aromatic carbocycles. The van der Waals surface area contributed by atoms with Crippen molar-refractivity contribution in [2.45, 2.75) is 86.0 Å². The van der Waals surface area contributed by atoms with Gasteiger partial charge in [-0.05, 0) is 87.0 Å². The number of aliphatic imine (C=N–C) groups is 3. The third kappa shape index (κ3) is 6.96. The Balaban J connectivity index is 1.43. The first-order valence-corrected chi connectivity index (χ1v) is 18.6. The second-order valence-electron chi connectivity index (χ2n) is 14.3. The summed E-state index contributed by atoms with van der Waals surface area (Å²) in [7, 11) is 1.31. The minimum Gasteiger partial charge on any atom is -0.510 e. The van der Waals surface area contributed by atoms with Crippen molar-refractivity contribution in [2.75, 3.05) is 13.7 Å². The van der Waals surface area contributed by atoms with Gasteiger partial charge in [-0.1, -0.05) is 39.3 Å². The largest absolute Gasteiger partial charge is 0.510 e. The highest BCUT2D eigenvalue weighted by atomic mass is 16.5. The second kappa shape index (κ2) is 15.3. The molecule has 278 valence electrons. The number of methoxy groups -OCH3 is 1. The molecule has 0 saturated carbocycles. The number of carboxylic acid groups (broad SMARTS) is 1. The number of fused-ring (bicyclic) bond motifs is 5. The molecule has 53 heavy (non-hydrogen) atoms. The highest BCUT2D eigenvalue weighted by molar-refractivity contribution is 6.24. The van der Waals surface area contributed by atoms with Gasteiger partial charge in [0.2, 0.25) is 5.91 Å². The molecule has 5 aliphatic heterocycles. The molecule has 11 nitrogen and oxygen atoms in total. The summed E-state index contributed by atoms with van der Waals surface area (Å²) < 4.78 is 5.26. The number of carbonyl (C=O) groups is 3. The molecular weight excluding hydrogens is 670 g/mol. The average Bonchev–Trinajstić information content (AvgIpc) is 3.87. The Morgan fingerprint density at radius 1 is 0.962 bits per heavy atom. The number of allylic oxidation sites excluding steroid dienone is 11. The number of esters is 1. The van der Waals surface area contributed by atoms with Gasteiger partial charge in [0.25, 0.3) is 0 Å². The molecule has 1 amide bonds. The maximum atomic E-state index is 13.5. The summed E-state index contributed by atoms with van der Waals surface area (Å²) >= 11 is 0. The molecule has 8 bridgehead atoms. The lowest BCUT2D eigenvalue weighted by Gasteiger charge is -2.20. The molecule has 6 rings (SSSR count). The molecule has 0 unspecified atom stereocenters. The fraction of sp³-hybridized carbons (Fsp3) is 0.429. The van der Waals surface area contributed by atoms with Gasteiger partial charge in [0.05, 0.1) is 41.3 Å². The van der Waals surface area contributed by atoms with Crippen LogP contribution in [0, 0.1) is 17.8 Å². The number of hydrogen-bond donors (Lipinski definition) is 4. The second-order valence-corrected chi connectivity index (χ2v) is 14.3. The van der Waals surface area contributed by atoms with Gasteiger partial charge in [0, 0.05) is 59.3 Å². The van der Waals surface area contributed by atoms with E-state index in [-0.39, 0.29) is 36.3 Å². The van der Waals surface area contributed by atoms with Crippen LogP contribution in [0.5, 0.6) is 0 Å². The predicted octanol–water partition coefficient (Wildman–Crippen LogP) is 7.17. The van der Waals surface area contributed by atoms with E-state index < -0.39 is 17.9 Å². The molecule has 0 radical (unpaired) electrons. The smallest absolute Gasteiger partial charge is 0.321 e. The molecule has 0 aromatic rings. The van der Waals surface area contributed by atoms with Crippen LogP contribution in [0.15, 0.2) is 119 Å². The summed E-state index contributed by atoms with van der Waals surface area (Å²) in [6, 6.07) is 0. The first-order valence-electron chi connectivity index (χ1n) is 18.6. The maximum Gasteiger partial charge on any atom is 0.321 e. The topological polar surface area (TPSA) is 162 Å². The van der Waals surface area contributed by atoms with Crippen LogP contribution in [0.4, 0.5) is 0 Å². The van der Waals surface area contributed by atoms with Crippen LogP contribution in [0.25, 0.3) is 0 Å². The predicted molar refractivity (Wildman–Crippen MR) is 206 cm³/mol. The number of rotatable bonds is 13. The van der Waals surface area contributed by atoms with Crippen LogP contribution in [-0.2, 0) is 19.1 Å². The van der Waals surface area contributed by atoms with Crippen molar-refractivity contribution < 1.29 is 29.3 Å². The third-order valence-electron chi connectivity index (χ3n) is 11.2. The Hall–Kier alpha value is -5.32. The van der Waals surface area contributed by atoms with Crippen LogP contribution < -0.4 is 10.6 Å². The van der Waals surface area contributed by atoms with Crippen molar-refractivity contribution in [3.63, 3.8) is 0 Å². The molecule has 3 atom stereocenters. The van der Waals surface area contributed by atoms with Gasteiger partial charge in [-0.2, -0.15) is 0 Å². The average molecular weight is 720 g/mol. The molecule has 6 aliphatic rings. The Morgan fingerprint density at radius 3 is 2.38 bits per heavy atom. The Morgan fingerprint density at radius 2 is 1.68 bits per heavy atom. The minimum absolute atomic E-state index is 0.0825. The van der Waals surface area contributed by atoms with Gasteiger partial charge in [-0.3, -0.25) is 14.4 Å². The summed E-state index contributed by atoms with van der Waals surface area (Å²) in [6.45, 7) is 14.8. The number of ether oxygens (including phenoxy) is 1. The summed E-state index contributed by atoms with van der Waals surface area (Å²) in [5.41, 5.74) is 11.8. The van der Waals surface area contributed by atoms with E-state index in [1.165, 1.54) is 7.11 Å². The van der Waals surface area contributed by atoms with Crippen LogP contribution in [-0.4, -0.2) is 58.8 Å². The molecule has 1 fully saturated rings. The quantitative estimate of drug-likeness (QED) is 0.116. The summed E-state index contributed by atoms with van der Waals surface area (Å²) in [6.07, 6.45) is 12.5. The Bertz CT molecular complexity index is 2040. The van der Waals surface area contributed by atoms with Crippen LogP contribution in [0.2, 0.25) is 0 Å². The molecule has 1 saturated heterocycles. The number of nitrogens with zero attached hydrogens (tertiary/aromatic N) is 3. The van der Waals surface area contributed by atoms with Crippen LogP contribution in [0.1, 0.15) is 86.0 Å².